The highest BCUT2D eigenvalue weighted by Crippen LogP contribution is 2.22. The third-order valence-electron chi connectivity index (χ3n) is 2.67. The van der Waals surface area contributed by atoms with Gasteiger partial charge in [-0.1, -0.05) is 0 Å². The van der Waals surface area contributed by atoms with E-state index in [4.69, 9.17) is 0 Å². The third kappa shape index (κ3) is 2.16. The maximum absolute atomic E-state index is 12.4. The van der Waals surface area contributed by atoms with Crippen molar-refractivity contribution in [2.24, 2.45) is 0 Å². The topological polar surface area (TPSA) is 110 Å². The fourth-order valence-electron chi connectivity index (χ4n) is 1.84. The molecule has 0 spiro atoms. The summed E-state index contributed by atoms with van der Waals surface area (Å²) in [6.45, 7) is -0.283. The van der Waals surface area contributed by atoms with Crippen molar-refractivity contribution in [1.82, 2.24) is 30.4 Å². The highest BCUT2D eigenvalue weighted by atomic mass is 32.1. The van der Waals surface area contributed by atoms with Gasteiger partial charge in [0.1, 0.15) is 24.3 Å². The molecular weight excluding hydrogens is 284 g/mol. The van der Waals surface area contributed by atoms with Crippen LogP contribution in [0, 0.1) is 0 Å². The molecule has 1 fully saturated rings. The maximum Gasteiger partial charge on any atom is 0.267 e. The Morgan fingerprint density at radius 3 is 2.70 bits per heavy atom. The van der Waals surface area contributed by atoms with E-state index in [0.29, 0.717) is 10.6 Å². The van der Waals surface area contributed by atoms with E-state index in [9.17, 15) is 14.4 Å². The summed E-state index contributed by atoms with van der Waals surface area (Å²) in [4.78, 5) is 36.6. The number of rotatable bonds is 2. The Balaban J connectivity index is 1.90. The largest absolute Gasteiger partial charge is 0.319 e. The molecule has 3 heterocycles. The molecule has 102 valence electrons. The summed E-state index contributed by atoms with van der Waals surface area (Å²) >= 11 is 1.20. The summed E-state index contributed by atoms with van der Waals surface area (Å²) in [6, 6.07) is 1.69. The van der Waals surface area contributed by atoms with Crippen molar-refractivity contribution in [3.8, 4) is 5.69 Å². The van der Waals surface area contributed by atoms with Crippen molar-refractivity contribution in [1.29, 1.82) is 0 Å². The Labute approximate surface area is 116 Å². The first-order chi connectivity index (χ1) is 9.65. The van der Waals surface area contributed by atoms with Crippen LogP contribution in [0.3, 0.4) is 0 Å². The first kappa shape index (κ1) is 12.4. The van der Waals surface area contributed by atoms with Crippen LogP contribution in [0.15, 0.2) is 17.8 Å². The highest BCUT2D eigenvalue weighted by molar-refractivity contribution is 7.12. The number of nitrogens with zero attached hydrogens (tertiary/aromatic N) is 5. The zero-order valence-corrected chi connectivity index (χ0v) is 10.8. The monoisotopic (exact) mass is 292 g/mol. The summed E-state index contributed by atoms with van der Waals surface area (Å²) in [5, 5.41) is 14.6. The highest BCUT2D eigenvalue weighted by Gasteiger charge is 2.29. The molecule has 1 aliphatic heterocycles. The van der Waals surface area contributed by atoms with E-state index in [2.05, 4.69) is 20.8 Å². The first-order valence-electron chi connectivity index (χ1n) is 5.58. The third-order valence-corrected chi connectivity index (χ3v) is 3.56. The second kappa shape index (κ2) is 4.81. The molecule has 1 N–H and O–H groups in total. The van der Waals surface area contributed by atoms with Crippen LogP contribution >= 0.6 is 11.3 Å². The molecule has 10 heteroatoms. The van der Waals surface area contributed by atoms with Crippen molar-refractivity contribution in [2.45, 2.75) is 0 Å². The Hall–Kier alpha value is -2.62. The molecule has 2 aromatic rings. The van der Waals surface area contributed by atoms with E-state index < -0.39 is 17.7 Å². The quantitative estimate of drug-likeness (QED) is 0.698. The zero-order chi connectivity index (χ0) is 14.1. The summed E-state index contributed by atoms with van der Waals surface area (Å²) in [6.07, 6.45) is 1.37. The van der Waals surface area contributed by atoms with Crippen molar-refractivity contribution in [3.05, 3.63) is 22.7 Å². The molecule has 1 aliphatic rings. The van der Waals surface area contributed by atoms with Gasteiger partial charge >= 0.3 is 0 Å². The molecule has 0 aliphatic carbocycles. The molecule has 0 saturated carbocycles. The van der Waals surface area contributed by atoms with Crippen LogP contribution in [0.1, 0.15) is 9.67 Å². The van der Waals surface area contributed by atoms with Gasteiger partial charge in [0.2, 0.25) is 11.8 Å². The Morgan fingerprint density at radius 2 is 2.05 bits per heavy atom. The smallest absolute Gasteiger partial charge is 0.267 e. The van der Waals surface area contributed by atoms with Crippen LogP contribution in [0.2, 0.25) is 0 Å². The Kier molecular flexibility index (Phi) is 2.99. The van der Waals surface area contributed by atoms with E-state index in [1.807, 2.05) is 0 Å². The molecule has 2 aromatic heterocycles. The van der Waals surface area contributed by atoms with Gasteiger partial charge in [0.05, 0.1) is 5.69 Å². The van der Waals surface area contributed by atoms with Gasteiger partial charge in [-0.2, -0.15) is 4.68 Å². The number of carbonyl (C=O) groups is 3. The number of imide groups is 1. The summed E-state index contributed by atoms with van der Waals surface area (Å²) in [5.74, 6) is -1.38. The summed E-state index contributed by atoms with van der Waals surface area (Å²) in [7, 11) is 0. The maximum atomic E-state index is 12.4. The fraction of sp³-hybridized carbons (Fsp3) is 0.200. The lowest BCUT2D eigenvalue weighted by Gasteiger charge is -2.25. The average molecular weight is 292 g/mol. The number of nitrogens with one attached hydrogen (secondary N) is 1. The molecule has 0 bridgehead atoms. The van der Waals surface area contributed by atoms with Gasteiger partial charge < -0.3 is 4.90 Å². The summed E-state index contributed by atoms with van der Waals surface area (Å²) < 4.78 is 1.36. The Morgan fingerprint density at radius 1 is 1.30 bits per heavy atom. The van der Waals surface area contributed by atoms with E-state index in [0.717, 1.165) is 0 Å². The van der Waals surface area contributed by atoms with E-state index in [1.54, 1.807) is 11.4 Å². The molecule has 1 saturated heterocycles. The molecule has 3 rings (SSSR count). The van der Waals surface area contributed by atoms with Gasteiger partial charge in [-0.05, 0) is 21.9 Å². The lowest BCUT2D eigenvalue weighted by atomic mass is 10.3. The van der Waals surface area contributed by atoms with Gasteiger partial charge in [-0.25, -0.2) is 0 Å². The number of tetrazole rings is 1. The van der Waals surface area contributed by atoms with E-state index in [-0.39, 0.29) is 13.1 Å². The minimum atomic E-state index is -0.491. The van der Waals surface area contributed by atoms with Crippen LogP contribution in [-0.4, -0.2) is 55.9 Å². The summed E-state index contributed by atoms with van der Waals surface area (Å²) in [5.41, 5.74) is 0.517. The number of thiophene rings is 1. The molecular formula is C10H8N6O3S. The SMILES string of the molecule is O=C1CN(C(=O)c2sccc2-n2cnnn2)CC(=O)N1. The lowest BCUT2D eigenvalue weighted by molar-refractivity contribution is -0.135. The molecule has 0 aromatic carbocycles. The van der Waals surface area contributed by atoms with Crippen LogP contribution < -0.4 is 5.32 Å². The predicted molar refractivity (Wildman–Crippen MR) is 66.1 cm³/mol. The van der Waals surface area contributed by atoms with Crippen LogP contribution in [0.25, 0.3) is 5.69 Å². The number of hydrogen-bond acceptors (Lipinski definition) is 7. The predicted octanol–water partition coefficient (Wildman–Crippen LogP) is -1.18. The standard InChI is InChI=1S/C10H8N6O3S/c17-7-3-15(4-8(18)12-7)10(19)9-6(1-2-20-9)16-5-11-13-14-16/h1-2,5H,3-4H2,(H,12,17,18). The minimum Gasteiger partial charge on any atom is -0.319 e. The van der Waals surface area contributed by atoms with Gasteiger partial charge in [0, 0.05) is 0 Å². The minimum absolute atomic E-state index is 0.141. The normalized spacial score (nSPS) is 15.3. The number of piperazine rings is 1. The molecule has 0 unspecified atom stereocenters. The molecule has 3 amide bonds. The van der Waals surface area contributed by atoms with Crippen molar-refractivity contribution < 1.29 is 14.4 Å². The number of aromatic nitrogens is 4. The van der Waals surface area contributed by atoms with Gasteiger partial charge in [0.25, 0.3) is 5.91 Å². The second-order valence-corrected chi connectivity index (χ2v) is 4.94. The Bertz CT molecular complexity index is 663. The van der Waals surface area contributed by atoms with Gasteiger partial charge in [-0.15, -0.1) is 16.4 Å². The number of hydrogen-bond donors (Lipinski definition) is 1. The van der Waals surface area contributed by atoms with Crippen LogP contribution in [0.4, 0.5) is 0 Å². The van der Waals surface area contributed by atoms with Crippen molar-refractivity contribution >= 4 is 29.1 Å². The van der Waals surface area contributed by atoms with Crippen molar-refractivity contribution in [3.63, 3.8) is 0 Å². The number of amides is 3. The zero-order valence-electron chi connectivity index (χ0n) is 10.0. The average Bonchev–Trinajstić information content (AvgIpc) is 3.07. The van der Waals surface area contributed by atoms with Crippen LogP contribution in [0.5, 0.6) is 0 Å². The molecule has 0 atom stereocenters. The first-order valence-corrected chi connectivity index (χ1v) is 6.46. The van der Waals surface area contributed by atoms with Gasteiger partial charge in [-0.3, -0.25) is 19.7 Å². The van der Waals surface area contributed by atoms with E-state index >= 15 is 0 Å². The fourth-order valence-corrected chi connectivity index (χ4v) is 2.68. The number of carbonyl (C=O) groups excluding carboxylic acids is 3. The molecule has 20 heavy (non-hydrogen) atoms. The second-order valence-electron chi connectivity index (χ2n) is 4.02. The van der Waals surface area contributed by atoms with E-state index in [1.165, 1.54) is 27.2 Å². The lowest BCUT2D eigenvalue weighted by Crippen LogP contribution is -2.53. The van der Waals surface area contributed by atoms with Gasteiger partial charge in [0.15, 0.2) is 0 Å². The van der Waals surface area contributed by atoms with Crippen LogP contribution in [-0.2, 0) is 9.59 Å². The van der Waals surface area contributed by atoms with Crippen molar-refractivity contribution in [2.75, 3.05) is 13.1 Å². The molecule has 9 nitrogen and oxygen atoms in total. The molecule has 0 radical (unpaired) electrons.